The highest BCUT2D eigenvalue weighted by atomic mass is 35.5. The number of hydrogen-bond acceptors (Lipinski definition) is 5. The van der Waals surface area contributed by atoms with Gasteiger partial charge in [0.1, 0.15) is 12.6 Å². The van der Waals surface area contributed by atoms with Crippen LogP contribution in [0.15, 0.2) is 36.5 Å². The average molecular weight is 493 g/mol. The first-order valence-corrected chi connectivity index (χ1v) is 12.2. The predicted octanol–water partition coefficient (Wildman–Crippen LogP) is 2.68. The van der Waals surface area contributed by atoms with Crippen molar-refractivity contribution >= 4 is 45.9 Å². The Bertz CT molecular complexity index is 1380. The monoisotopic (exact) mass is 492 g/mol. The van der Waals surface area contributed by atoms with Gasteiger partial charge in [0, 0.05) is 23.2 Å². The molecule has 35 heavy (non-hydrogen) atoms. The van der Waals surface area contributed by atoms with E-state index in [0.29, 0.717) is 34.0 Å². The molecular weight excluding hydrogens is 468 g/mol. The van der Waals surface area contributed by atoms with Crippen LogP contribution in [0.2, 0.25) is 5.02 Å². The number of amides is 3. The lowest BCUT2D eigenvalue weighted by Gasteiger charge is -2.32. The SMILES string of the molecule is Cc1cc2c(C(N)=O)nn(CC(=O)N3[C@@H]4C[C@@H]4C[C@H]3C(=O)N(c3ccccc3Cl)C3CC3)c2cn1. The first-order valence-electron chi connectivity index (χ1n) is 11.8. The topological polar surface area (TPSA) is 114 Å². The lowest BCUT2D eigenvalue weighted by molar-refractivity contribution is -0.139. The number of para-hydroxylation sites is 1. The number of pyridine rings is 1. The molecule has 1 aliphatic heterocycles. The molecule has 9 nitrogen and oxygen atoms in total. The molecule has 2 aliphatic carbocycles. The molecule has 2 N–H and O–H groups in total. The number of fused-ring (bicyclic) bond motifs is 2. The summed E-state index contributed by atoms with van der Waals surface area (Å²) in [5.41, 5.74) is 7.61. The molecule has 2 aromatic heterocycles. The molecule has 1 aromatic carbocycles. The Hall–Kier alpha value is -3.46. The fourth-order valence-electron chi connectivity index (χ4n) is 5.36. The third-order valence-electron chi connectivity index (χ3n) is 7.23. The fourth-order valence-corrected chi connectivity index (χ4v) is 5.59. The lowest BCUT2D eigenvalue weighted by Crippen LogP contribution is -2.51. The van der Waals surface area contributed by atoms with Gasteiger partial charge in [-0.2, -0.15) is 5.10 Å². The molecule has 0 unspecified atom stereocenters. The second kappa shape index (κ2) is 8.05. The normalized spacial score (nSPS) is 22.8. The standard InChI is InChI=1S/C25H25ClN6O3/c1-13-8-16-21(11-28-13)30(29-23(16)24(27)34)12-22(33)32-19-9-14(19)10-20(32)25(35)31(15-6-7-15)18-5-3-2-4-17(18)26/h2-5,8,11,14-15,19-20H,6-7,9-10,12H2,1H3,(H2,27,34)/t14-,19-,20+/m1/s1. The number of primary amides is 1. The van der Waals surface area contributed by atoms with Crippen molar-refractivity contribution in [2.24, 2.45) is 11.7 Å². The second-order valence-corrected chi connectivity index (χ2v) is 10.1. The molecule has 0 spiro atoms. The minimum atomic E-state index is -0.664. The number of carbonyl (C=O) groups excluding carboxylic acids is 3. The number of anilines is 1. The third kappa shape index (κ3) is 3.74. The van der Waals surface area contributed by atoms with Gasteiger partial charge in [0.25, 0.3) is 5.91 Å². The van der Waals surface area contributed by atoms with Crippen LogP contribution in [0.5, 0.6) is 0 Å². The number of piperidine rings is 1. The summed E-state index contributed by atoms with van der Waals surface area (Å²) in [7, 11) is 0. The summed E-state index contributed by atoms with van der Waals surface area (Å²) in [6.07, 6.45) is 4.99. The summed E-state index contributed by atoms with van der Waals surface area (Å²) in [5, 5.41) is 5.42. The summed E-state index contributed by atoms with van der Waals surface area (Å²) >= 11 is 6.45. The van der Waals surface area contributed by atoms with E-state index in [1.54, 1.807) is 28.1 Å². The summed E-state index contributed by atoms with van der Waals surface area (Å²) < 4.78 is 1.47. The van der Waals surface area contributed by atoms with E-state index in [1.165, 1.54) is 4.68 Å². The maximum Gasteiger partial charge on any atom is 0.269 e. The van der Waals surface area contributed by atoms with Crippen LogP contribution in [-0.2, 0) is 16.1 Å². The Morgan fingerprint density at radius 1 is 1.20 bits per heavy atom. The number of likely N-dealkylation sites (tertiary alicyclic amines) is 1. The van der Waals surface area contributed by atoms with Crippen LogP contribution < -0.4 is 10.6 Å². The number of hydrogen-bond donors (Lipinski definition) is 1. The Kier molecular flexibility index (Phi) is 5.07. The number of halogens is 1. The predicted molar refractivity (Wildman–Crippen MR) is 130 cm³/mol. The number of rotatable bonds is 6. The van der Waals surface area contributed by atoms with E-state index < -0.39 is 11.9 Å². The van der Waals surface area contributed by atoms with Crippen molar-refractivity contribution in [1.29, 1.82) is 0 Å². The Morgan fingerprint density at radius 2 is 1.97 bits per heavy atom. The van der Waals surface area contributed by atoms with Crippen LogP contribution in [-0.4, -0.2) is 55.5 Å². The summed E-state index contributed by atoms with van der Waals surface area (Å²) in [5.74, 6) is -0.617. The zero-order valence-electron chi connectivity index (χ0n) is 19.2. The van der Waals surface area contributed by atoms with Gasteiger partial charge >= 0.3 is 0 Å². The zero-order chi connectivity index (χ0) is 24.4. The zero-order valence-corrected chi connectivity index (χ0v) is 20.0. The molecule has 3 heterocycles. The van der Waals surface area contributed by atoms with Crippen molar-refractivity contribution in [3.05, 3.63) is 52.9 Å². The van der Waals surface area contributed by atoms with Gasteiger partial charge in [-0.05, 0) is 56.7 Å². The Labute approximate surface area is 206 Å². The van der Waals surface area contributed by atoms with Gasteiger partial charge in [-0.15, -0.1) is 0 Å². The molecule has 6 rings (SSSR count). The summed E-state index contributed by atoms with van der Waals surface area (Å²) in [6.45, 7) is 1.71. The molecule has 3 aromatic rings. The second-order valence-electron chi connectivity index (χ2n) is 9.72. The van der Waals surface area contributed by atoms with Crippen molar-refractivity contribution < 1.29 is 14.4 Å². The first-order chi connectivity index (χ1) is 16.8. The minimum Gasteiger partial charge on any atom is -0.364 e. The highest BCUT2D eigenvalue weighted by molar-refractivity contribution is 6.34. The number of nitrogens with zero attached hydrogens (tertiary/aromatic N) is 5. The molecule has 0 radical (unpaired) electrons. The van der Waals surface area contributed by atoms with Crippen LogP contribution in [0.25, 0.3) is 10.9 Å². The number of carbonyl (C=O) groups is 3. The van der Waals surface area contributed by atoms with E-state index in [-0.39, 0.29) is 36.1 Å². The van der Waals surface area contributed by atoms with E-state index >= 15 is 0 Å². The number of benzene rings is 1. The number of nitrogens with two attached hydrogens (primary N) is 1. The van der Waals surface area contributed by atoms with Crippen molar-refractivity contribution in [2.75, 3.05) is 4.90 Å². The molecule has 2 saturated carbocycles. The van der Waals surface area contributed by atoms with Crippen LogP contribution in [0.1, 0.15) is 41.9 Å². The van der Waals surface area contributed by atoms with Crippen LogP contribution in [0.3, 0.4) is 0 Å². The quantitative estimate of drug-likeness (QED) is 0.568. The Morgan fingerprint density at radius 3 is 2.69 bits per heavy atom. The molecule has 3 aliphatic rings. The van der Waals surface area contributed by atoms with Crippen LogP contribution in [0, 0.1) is 12.8 Å². The van der Waals surface area contributed by atoms with Crippen LogP contribution in [0.4, 0.5) is 5.69 Å². The molecule has 180 valence electrons. The highest BCUT2D eigenvalue weighted by Crippen LogP contribution is 2.49. The molecule has 0 bridgehead atoms. The molecule has 3 amide bonds. The van der Waals surface area contributed by atoms with E-state index in [9.17, 15) is 14.4 Å². The first kappa shape index (κ1) is 22.0. The van der Waals surface area contributed by atoms with Crippen molar-refractivity contribution in [3.8, 4) is 0 Å². The van der Waals surface area contributed by atoms with Crippen molar-refractivity contribution in [2.45, 2.75) is 57.3 Å². The highest BCUT2D eigenvalue weighted by Gasteiger charge is 2.57. The van der Waals surface area contributed by atoms with Gasteiger partial charge in [-0.3, -0.25) is 24.0 Å². The minimum absolute atomic E-state index is 0.0570. The van der Waals surface area contributed by atoms with E-state index in [4.69, 9.17) is 17.3 Å². The number of aromatic nitrogens is 3. The molecule has 3 fully saturated rings. The van der Waals surface area contributed by atoms with Gasteiger partial charge in [0.05, 0.1) is 22.4 Å². The Balaban J connectivity index is 1.30. The number of aryl methyl sites for hydroxylation is 1. The maximum atomic E-state index is 13.8. The summed E-state index contributed by atoms with van der Waals surface area (Å²) in [6, 6.07) is 8.71. The van der Waals surface area contributed by atoms with E-state index in [0.717, 1.165) is 25.0 Å². The van der Waals surface area contributed by atoms with Gasteiger partial charge in [-0.25, -0.2) is 0 Å². The largest absolute Gasteiger partial charge is 0.364 e. The molecular formula is C25H25ClN6O3. The fraction of sp³-hybridized carbons (Fsp3) is 0.400. The van der Waals surface area contributed by atoms with Gasteiger partial charge in [-0.1, -0.05) is 23.7 Å². The van der Waals surface area contributed by atoms with Gasteiger partial charge in [0.15, 0.2) is 5.69 Å². The smallest absolute Gasteiger partial charge is 0.269 e. The molecule has 10 heteroatoms. The van der Waals surface area contributed by atoms with Crippen molar-refractivity contribution in [3.63, 3.8) is 0 Å². The van der Waals surface area contributed by atoms with Crippen LogP contribution >= 0.6 is 11.6 Å². The van der Waals surface area contributed by atoms with Gasteiger partial charge < -0.3 is 15.5 Å². The maximum absolute atomic E-state index is 13.8. The lowest BCUT2D eigenvalue weighted by atomic mass is 10.1. The third-order valence-corrected chi connectivity index (χ3v) is 7.55. The molecule has 1 saturated heterocycles. The summed E-state index contributed by atoms with van der Waals surface area (Å²) in [4.78, 5) is 47.2. The van der Waals surface area contributed by atoms with Gasteiger partial charge in [0.2, 0.25) is 11.8 Å². The molecule has 3 atom stereocenters. The van der Waals surface area contributed by atoms with E-state index in [2.05, 4.69) is 10.1 Å². The van der Waals surface area contributed by atoms with Crippen molar-refractivity contribution in [1.82, 2.24) is 19.7 Å². The average Bonchev–Trinajstić information content (AvgIpc) is 3.74. The van der Waals surface area contributed by atoms with E-state index in [1.807, 2.05) is 25.1 Å².